The molecule has 4 heteroatoms. The zero-order valence-electron chi connectivity index (χ0n) is 8.11. The molecule has 1 unspecified atom stereocenters. The van der Waals surface area contributed by atoms with E-state index in [1.54, 1.807) is 9.80 Å². The third kappa shape index (κ3) is 0.885. The van der Waals surface area contributed by atoms with Gasteiger partial charge in [0.1, 0.15) is 12.1 Å². The number of amides is 2. The summed E-state index contributed by atoms with van der Waals surface area (Å²) in [6.07, 6.45) is 3.72. The minimum Gasteiger partial charge on any atom is -0.329 e. The van der Waals surface area contributed by atoms with Crippen LogP contribution in [0, 0.1) is 0 Å². The summed E-state index contributed by atoms with van der Waals surface area (Å²) in [7, 11) is 0. The Morgan fingerprint density at radius 3 is 1.71 bits per heavy atom. The first-order valence-corrected chi connectivity index (χ1v) is 5.40. The number of nitrogens with zero attached hydrogens (tertiary/aromatic N) is 2. The Balaban J connectivity index is 1.96. The van der Waals surface area contributed by atoms with Crippen molar-refractivity contribution in [1.82, 2.24) is 9.80 Å². The molecular formula is C10H14N2O2. The van der Waals surface area contributed by atoms with Crippen LogP contribution in [-0.4, -0.2) is 46.8 Å². The van der Waals surface area contributed by atoms with Crippen LogP contribution in [0.25, 0.3) is 0 Å². The van der Waals surface area contributed by atoms with Crippen molar-refractivity contribution in [2.75, 3.05) is 13.1 Å². The number of fused-ring (bicyclic) bond motifs is 2. The van der Waals surface area contributed by atoms with Gasteiger partial charge in [-0.25, -0.2) is 0 Å². The Labute approximate surface area is 82.8 Å². The van der Waals surface area contributed by atoms with Gasteiger partial charge in [-0.3, -0.25) is 9.59 Å². The highest BCUT2D eigenvalue weighted by Crippen LogP contribution is 2.31. The van der Waals surface area contributed by atoms with Gasteiger partial charge in [0.2, 0.25) is 11.8 Å². The van der Waals surface area contributed by atoms with Crippen LogP contribution in [0.5, 0.6) is 0 Å². The highest BCUT2D eigenvalue weighted by atomic mass is 16.2. The normalized spacial score (nSPS) is 36.3. The molecule has 0 radical (unpaired) electrons. The number of carbonyl (C=O) groups excluding carboxylic acids is 2. The maximum absolute atomic E-state index is 12.0. The molecular weight excluding hydrogens is 180 g/mol. The molecule has 3 aliphatic heterocycles. The molecule has 3 saturated heterocycles. The summed E-state index contributed by atoms with van der Waals surface area (Å²) in [5, 5.41) is 0. The fourth-order valence-corrected chi connectivity index (χ4v) is 2.96. The van der Waals surface area contributed by atoms with Crippen molar-refractivity contribution in [3.05, 3.63) is 0 Å². The van der Waals surface area contributed by atoms with Gasteiger partial charge in [-0.05, 0) is 25.7 Å². The monoisotopic (exact) mass is 194 g/mol. The van der Waals surface area contributed by atoms with Crippen molar-refractivity contribution in [2.24, 2.45) is 0 Å². The molecule has 0 aliphatic carbocycles. The lowest BCUT2D eigenvalue weighted by Gasteiger charge is -2.38. The standard InChI is InChI=1S/C10H14N2O2/c13-9-7-3-1-5-11(7)10(14)8-4-2-6-12(8)9/h7-8H,1-6H2/t7-,8?/m1/s1. The Kier molecular flexibility index (Phi) is 1.60. The van der Waals surface area contributed by atoms with E-state index in [2.05, 4.69) is 0 Å². The minimum atomic E-state index is -0.114. The summed E-state index contributed by atoms with van der Waals surface area (Å²) in [5.41, 5.74) is 0. The summed E-state index contributed by atoms with van der Waals surface area (Å²) >= 11 is 0. The van der Waals surface area contributed by atoms with Gasteiger partial charge in [0.25, 0.3) is 0 Å². The van der Waals surface area contributed by atoms with Crippen molar-refractivity contribution < 1.29 is 9.59 Å². The molecule has 4 nitrogen and oxygen atoms in total. The van der Waals surface area contributed by atoms with Gasteiger partial charge in [0.05, 0.1) is 0 Å². The lowest BCUT2D eigenvalue weighted by Crippen LogP contribution is -2.60. The molecule has 76 valence electrons. The molecule has 2 amide bonds. The van der Waals surface area contributed by atoms with Crippen molar-refractivity contribution in [3.8, 4) is 0 Å². The first-order valence-electron chi connectivity index (χ1n) is 5.40. The van der Waals surface area contributed by atoms with Crippen LogP contribution in [0.1, 0.15) is 25.7 Å². The zero-order chi connectivity index (χ0) is 9.71. The van der Waals surface area contributed by atoms with E-state index in [0.29, 0.717) is 0 Å². The van der Waals surface area contributed by atoms with Crippen LogP contribution in [0.3, 0.4) is 0 Å². The number of hydrogen-bond acceptors (Lipinski definition) is 2. The summed E-state index contributed by atoms with van der Waals surface area (Å²) < 4.78 is 0. The van der Waals surface area contributed by atoms with Crippen molar-refractivity contribution in [3.63, 3.8) is 0 Å². The fourth-order valence-electron chi connectivity index (χ4n) is 2.96. The predicted molar refractivity (Wildman–Crippen MR) is 49.5 cm³/mol. The van der Waals surface area contributed by atoms with Gasteiger partial charge in [0, 0.05) is 13.1 Å². The van der Waals surface area contributed by atoms with E-state index < -0.39 is 0 Å². The Hall–Kier alpha value is -1.06. The molecule has 0 saturated carbocycles. The SMILES string of the molecule is O=C1[C@H]2CCCN2C(=O)C2CCCN12. The fraction of sp³-hybridized carbons (Fsp3) is 0.800. The third-order valence-electron chi connectivity index (χ3n) is 3.64. The van der Waals surface area contributed by atoms with Crippen LogP contribution >= 0.6 is 0 Å². The highest BCUT2D eigenvalue weighted by Gasteiger charge is 2.49. The van der Waals surface area contributed by atoms with Crippen LogP contribution in [-0.2, 0) is 9.59 Å². The Morgan fingerprint density at radius 1 is 0.857 bits per heavy atom. The summed E-state index contributed by atoms with van der Waals surface area (Å²) in [5.74, 6) is 0.397. The van der Waals surface area contributed by atoms with Crippen LogP contribution in [0.15, 0.2) is 0 Å². The number of piperazine rings is 1. The largest absolute Gasteiger partial charge is 0.329 e. The number of rotatable bonds is 0. The smallest absolute Gasteiger partial charge is 0.246 e. The summed E-state index contributed by atoms with van der Waals surface area (Å²) in [6.45, 7) is 1.58. The Morgan fingerprint density at radius 2 is 1.29 bits per heavy atom. The second-order valence-electron chi connectivity index (χ2n) is 4.38. The number of hydrogen-bond donors (Lipinski definition) is 0. The van der Waals surface area contributed by atoms with E-state index >= 15 is 0 Å². The quantitative estimate of drug-likeness (QED) is 0.544. The zero-order valence-corrected chi connectivity index (χ0v) is 8.11. The van der Waals surface area contributed by atoms with Gasteiger partial charge in [-0.15, -0.1) is 0 Å². The lowest BCUT2D eigenvalue weighted by molar-refractivity contribution is -0.156. The first kappa shape index (κ1) is 8.26. The minimum absolute atomic E-state index is 0.114. The van der Waals surface area contributed by atoms with Crippen LogP contribution in [0.4, 0.5) is 0 Å². The average molecular weight is 194 g/mol. The third-order valence-corrected chi connectivity index (χ3v) is 3.64. The molecule has 3 aliphatic rings. The van der Waals surface area contributed by atoms with E-state index in [-0.39, 0.29) is 23.9 Å². The summed E-state index contributed by atoms with van der Waals surface area (Å²) in [4.78, 5) is 27.5. The molecule has 0 aromatic heterocycles. The second kappa shape index (κ2) is 2.72. The molecule has 0 aromatic carbocycles. The van der Waals surface area contributed by atoms with Gasteiger partial charge in [0.15, 0.2) is 0 Å². The van der Waals surface area contributed by atoms with Crippen LogP contribution < -0.4 is 0 Å². The number of carbonyl (C=O) groups is 2. The van der Waals surface area contributed by atoms with Gasteiger partial charge < -0.3 is 9.80 Å². The molecule has 0 bridgehead atoms. The van der Waals surface area contributed by atoms with Crippen LogP contribution in [0.2, 0.25) is 0 Å². The van der Waals surface area contributed by atoms with E-state index in [1.165, 1.54) is 0 Å². The molecule has 0 N–H and O–H groups in total. The maximum atomic E-state index is 12.0. The molecule has 0 spiro atoms. The van der Waals surface area contributed by atoms with E-state index in [1.807, 2.05) is 0 Å². The van der Waals surface area contributed by atoms with Gasteiger partial charge in [-0.2, -0.15) is 0 Å². The second-order valence-corrected chi connectivity index (χ2v) is 4.38. The molecule has 3 fully saturated rings. The van der Waals surface area contributed by atoms with Crippen molar-refractivity contribution >= 4 is 11.8 Å². The van der Waals surface area contributed by atoms with E-state index in [4.69, 9.17) is 0 Å². The maximum Gasteiger partial charge on any atom is 0.246 e. The first-order chi connectivity index (χ1) is 6.79. The average Bonchev–Trinajstić information content (AvgIpc) is 2.82. The Bertz CT molecular complexity index is 248. The molecule has 2 atom stereocenters. The molecule has 3 heterocycles. The summed E-state index contributed by atoms with van der Waals surface area (Å²) in [6, 6.07) is -0.228. The topological polar surface area (TPSA) is 40.6 Å². The van der Waals surface area contributed by atoms with Gasteiger partial charge in [-0.1, -0.05) is 0 Å². The van der Waals surface area contributed by atoms with Crippen molar-refractivity contribution in [1.29, 1.82) is 0 Å². The predicted octanol–water partition coefficient (Wildman–Crippen LogP) is -0.0180. The molecule has 3 rings (SSSR count). The van der Waals surface area contributed by atoms with Gasteiger partial charge >= 0.3 is 0 Å². The van der Waals surface area contributed by atoms with Crippen molar-refractivity contribution in [2.45, 2.75) is 37.8 Å². The highest BCUT2D eigenvalue weighted by molar-refractivity contribution is 5.97. The molecule has 14 heavy (non-hydrogen) atoms. The van der Waals surface area contributed by atoms with E-state index in [0.717, 1.165) is 38.8 Å². The van der Waals surface area contributed by atoms with E-state index in [9.17, 15) is 9.59 Å². The molecule has 0 aromatic rings. The lowest BCUT2D eigenvalue weighted by atomic mass is 10.1.